The maximum atomic E-state index is 12.2. The Bertz CT molecular complexity index is 630. The van der Waals surface area contributed by atoms with Gasteiger partial charge in [-0.3, -0.25) is 4.79 Å². The van der Waals surface area contributed by atoms with E-state index in [0.717, 1.165) is 12.8 Å². The van der Waals surface area contributed by atoms with Gasteiger partial charge in [-0.1, -0.05) is 6.92 Å². The van der Waals surface area contributed by atoms with E-state index in [0.29, 0.717) is 12.2 Å². The summed E-state index contributed by atoms with van der Waals surface area (Å²) in [6, 6.07) is 1.30. The van der Waals surface area contributed by atoms with Crippen LogP contribution in [0.15, 0.2) is 17.2 Å². The molecule has 0 aliphatic heterocycles. The van der Waals surface area contributed by atoms with Gasteiger partial charge in [-0.2, -0.15) is 0 Å². The summed E-state index contributed by atoms with van der Waals surface area (Å²) < 4.78 is 24.4. The van der Waals surface area contributed by atoms with E-state index in [1.807, 2.05) is 13.8 Å². The highest BCUT2D eigenvalue weighted by Gasteiger charge is 2.37. The molecule has 0 saturated heterocycles. The molecule has 112 valence electrons. The number of halogens is 1. The van der Waals surface area contributed by atoms with Crippen molar-refractivity contribution in [2.75, 3.05) is 6.54 Å². The standard InChI is InChI=1S/C13H19ClN2O3S/c1-9(2)16-7-10(20(14,18)19)6-11(16)12(17)15-8-13(3)4-5-13/h6-7,9H,4-5,8H2,1-3H3,(H,15,17). The van der Waals surface area contributed by atoms with Crippen LogP contribution in [0.1, 0.15) is 50.1 Å². The lowest BCUT2D eigenvalue weighted by Crippen LogP contribution is -2.30. The van der Waals surface area contributed by atoms with E-state index in [4.69, 9.17) is 10.7 Å². The van der Waals surface area contributed by atoms with E-state index < -0.39 is 9.05 Å². The minimum Gasteiger partial charge on any atom is -0.350 e. The number of hydrogen-bond donors (Lipinski definition) is 1. The van der Waals surface area contributed by atoms with Crippen molar-refractivity contribution in [2.24, 2.45) is 5.41 Å². The largest absolute Gasteiger partial charge is 0.350 e. The molecule has 1 fully saturated rings. The van der Waals surface area contributed by atoms with Crippen molar-refractivity contribution in [3.8, 4) is 0 Å². The van der Waals surface area contributed by atoms with Crippen LogP contribution < -0.4 is 5.32 Å². The first-order valence-electron chi connectivity index (χ1n) is 6.57. The first-order valence-corrected chi connectivity index (χ1v) is 8.88. The van der Waals surface area contributed by atoms with Crippen LogP contribution in [-0.2, 0) is 9.05 Å². The zero-order valence-corrected chi connectivity index (χ0v) is 13.4. The Kier molecular flexibility index (Phi) is 3.90. The van der Waals surface area contributed by atoms with Crippen LogP contribution in [0.3, 0.4) is 0 Å². The third kappa shape index (κ3) is 3.35. The van der Waals surface area contributed by atoms with Crippen LogP contribution in [0.25, 0.3) is 0 Å². The predicted octanol–water partition coefficient (Wildman–Crippen LogP) is 2.53. The van der Waals surface area contributed by atoms with Crippen LogP contribution in [-0.4, -0.2) is 25.4 Å². The van der Waals surface area contributed by atoms with Crippen molar-refractivity contribution in [3.05, 3.63) is 18.0 Å². The van der Waals surface area contributed by atoms with Crippen molar-refractivity contribution in [1.29, 1.82) is 0 Å². The summed E-state index contributed by atoms with van der Waals surface area (Å²) in [4.78, 5) is 12.2. The number of hydrogen-bond acceptors (Lipinski definition) is 3. The molecule has 5 nitrogen and oxygen atoms in total. The normalized spacial score (nSPS) is 17.2. The smallest absolute Gasteiger partial charge is 0.267 e. The maximum Gasteiger partial charge on any atom is 0.267 e. The van der Waals surface area contributed by atoms with Gasteiger partial charge < -0.3 is 9.88 Å². The molecular weight excluding hydrogens is 300 g/mol. The zero-order chi connectivity index (χ0) is 15.1. The Morgan fingerprint density at radius 1 is 1.50 bits per heavy atom. The van der Waals surface area contributed by atoms with E-state index in [2.05, 4.69) is 12.2 Å². The molecular formula is C13H19ClN2O3S. The van der Waals surface area contributed by atoms with Gasteiger partial charge in [0, 0.05) is 29.5 Å². The van der Waals surface area contributed by atoms with Gasteiger partial charge in [0.1, 0.15) is 10.6 Å². The minimum atomic E-state index is -3.83. The van der Waals surface area contributed by atoms with E-state index in [1.54, 1.807) is 4.57 Å². The molecule has 1 aliphatic carbocycles. The molecule has 0 atom stereocenters. The lowest BCUT2D eigenvalue weighted by molar-refractivity contribution is 0.0935. The summed E-state index contributed by atoms with van der Waals surface area (Å²) >= 11 is 0. The highest BCUT2D eigenvalue weighted by Crippen LogP contribution is 2.44. The van der Waals surface area contributed by atoms with Crippen LogP contribution in [0, 0.1) is 5.41 Å². The van der Waals surface area contributed by atoms with E-state index in [1.165, 1.54) is 12.3 Å². The molecule has 1 aromatic heterocycles. The van der Waals surface area contributed by atoms with Gasteiger partial charge >= 0.3 is 0 Å². The molecule has 0 radical (unpaired) electrons. The molecule has 7 heteroatoms. The van der Waals surface area contributed by atoms with E-state index in [-0.39, 0.29) is 22.3 Å². The number of rotatable bonds is 5. The quantitative estimate of drug-likeness (QED) is 0.848. The summed E-state index contributed by atoms with van der Waals surface area (Å²) in [7, 11) is 1.51. The van der Waals surface area contributed by atoms with Gasteiger partial charge in [0.15, 0.2) is 0 Å². The molecule has 1 saturated carbocycles. The number of aromatic nitrogens is 1. The Labute approximate surface area is 123 Å². The highest BCUT2D eigenvalue weighted by atomic mass is 35.7. The van der Waals surface area contributed by atoms with Crippen molar-refractivity contribution in [1.82, 2.24) is 9.88 Å². The molecule has 1 amide bonds. The zero-order valence-electron chi connectivity index (χ0n) is 11.8. The van der Waals surface area contributed by atoms with E-state index in [9.17, 15) is 13.2 Å². The van der Waals surface area contributed by atoms with Gasteiger partial charge in [0.05, 0.1) is 0 Å². The van der Waals surface area contributed by atoms with Gasteiger partial charge in [-0.05, 0) is 38.2 Å². The van der Waals surface area contributed by atoms with Crippen molar-refractivity contribution < 1.29 is 13.2 Å². The lowest BCUT2D eigenvalue weighted by Gasteiger charge is -2.14. The lowest BCUT2D eigenvalue weighted by atomic mass is 10.1. The number of carbonyl (C=O) groups excluding carboxylic acids is 1. The van der Waals surface area contributed by atoms with Crippen molar-refractivity contribution in [2.45, 2.75) is 44.6 Å². The SMILES string of the molecule is CC(C)n1cc(S(=O)(=O)Cl)cc1C(=O)NCC1(C)CC1. The Morgan fingerprint density at radius 3 is 2.55 bits per heavy atom. The topological polar surface area (TPSA) is 68.2 Å². The molecule has 0 aromatic carbocycles. The minimum absolute atomic E-state index is 0.0283. The second-order valence-electron chi connectivity index (χ2n) is 5.99. The predicted molar refractivity (Wildman–Crippen MR) is 77.5 cm³/mol. The van der Waals surface area contributed by atoms with Gasteiger partial charge in [0.2, 0.25) is 0 Å². The van der Waals surface area contributed by atoms with Crippen LogP contribution in [0.5, 0.6) is 0 Å². The second-order valence-corrected chi connectivity index (χ2v) is 8.56. The van der Waals surface area contributed by atoms with Crippen molar-refractivity contribution in [3.63, 3.8) is 0 Å². The summed E-state index contributed by atoms with van der Waals surface area (Å²) in [5, 5.41) is 2.86. The molecule has 1 N–H and O–H groups in total. The molecule has 0 spiro atoms. The monoisotopic (exact) mass is 318 g/mol. The maximum absolute atomic E-state index is 12.2. The summed E-state index contributed by atoms with van der Waals surface area (Å²) in [5.41, 5.74) is 0.523. The number of nitrogens with zero attached hydrogens (tertiary/aromatic N) is 1. The van der Waals surface area contributed by atoms with Crippen LogP contribution >= 0.6 is 10.7 Å². The Morgan fingerprint density at radius 2 is 2.10 bits per heavy atom. The Balaban J connectivity index is 2.24. The third-order valence-corrected chi connectivity index (χ3v) is 4.99. The average molecular weight is 319 g/mol. The summed E-state index contributed by atoms with van der Waals surface area (Å²) in [6.07, 6.45) is 3.63. The first-order chi connectivity index (χ1) is 9.12. The molecule has 1 aromatic rings. The summed E-state index contributed by atoms with van der Waals surface area (Å²) in [5.74, 6) is -0.265. The molecule has 1 aliphatic rings. The average Bonchev–Trinajstić information content (AvgIpc) is 2.90. The number of nitrogens with one attached hydrogen (secondary N) is 1. The molecule has 20 heavy (non-hydrogen) atoms. The molecule has 2 rings (SSSR count). The van der Waals surface area contributed by atoms with Gasteiger partial charge in [-0.15, -0.1) is 0 Å². The third-order valence-electron chi connectivity index (χ3n) is 3.67. The first kappa shape index (κ1) is 15.4. The highest BCUT2D eigenvalue weighted by molar-refractivity contribution is 8.13. The van der Waals surface area contributed by atoms with Gasteiger partial charge in [-0.25, -0.2) is 8.42 Å². The molecule has 0 unspecified atom stereocenters. The number of carbonyl (C=O) groups is 1. The summed E-state index contributed by atoms with van der Waals surface area (Å²) in [6.45, 7) is 6.48. The second kappa shape index (κ2) is 5.07. The van der Waals surface area contributed by atoms with E-state index >= 15 is 0 Å². The fraction of sp³-hybridized carbons (Fsp3) is 0.615. The Hall–Kier alpha value is -1.01. The fourth-order valence-corrected chi connectivity index (χ4v) is 2.72. The number of amides is 1. The molecule has 0 bridgehead atoms. The van der Waals surface area contributed by atoms with Crippen molar-refractivity contribution >= 4 is 25.6 Å². The van der Waals surface area contributed by atoms with Crippen LogP contribution in [0.4, 0.5) is 0 Å². The van der Waals surface area contributed by atoms with Crippen LogP contribution in [0.2, 0.25) is 0 Å². The molecule has 1 heterocycles. The fourth-order valence-electron chi connectivity index (χ4n) is 1.97. The van der Waals surface area contributed by atoms with Gasteiger partial charge in [0.25, 0.3) is 15.0 Å².